The Labute approximate surface area is 146 Å². The van der Waals surface area contributed by atoms with Crippen molar-refractivity contribution in [3.63, 3.8) is 0 Å². The summed E-state index contributed by atoms with van der Waals surface area (Å²) >= 11 is 0. The highest BCUT2D eigenvalue weighted by molar-refractivity contribution is 5.83. The fourth-order valence-corrected chi connectivity index (χ4v) is 2.39. The van der Waals surface area contributed by atoms with Crippen LogP contribution in [-0.2, 0) is 4.79 Å². The summed E-state index contributed by atoms with van der Waals surface area (Å²) in [7, 11) is 1.65. The number of hydrogen-bond donors (Lipinski definition) is 3. The van der Waals surface area contributed by atoms with Gasteiger partial charge in [0.2, 0.25) is 5.91 Å². The number of rotatable bonds is 7. The monoisotopic (exact) mass is 332 g/mol. The Hall–Kier alpha value is -2.04. The maximum Gasteiger partial charge on any atom is 0.227 e. The quantitative estimate of drug-likeness (QED) is 0.531. The average molecular weight is 332 g/mol. The summed E-state index contributed by atoms with van der Waals surface area (Å²) in [5.41, 5.74) is 0.754. The summed E-state index contributed by atoms with van der Waals surface area (Å²) in [6.45, 7) is 11.4. The fraction of sp³-hybridized carbons (Fsp3) is 0.579. The zero-order valence-corrected chi connectivity index (χ0v) is 15.8. The van der Waals surface area contributed by atoms with E-state index in [0.29, 0.717) is 12.5 Å². The molecule has 0 spiro atoms. The van der Waals surface area contributed by atoms with Gasteiger partial charge in [-0.3, -0.25) is 9.79 Å². The van der Waals surface area contributed by atoms with Gasteiger partial charge in [-0.15, -0.1) is 0 Å². The minimum absolute atomic E-state index is 0.00667. The fourth-order valence-electron chi connectivity index (χ4n) is 2.39. The zero-order chi connectivity index (χ0) is 18.2. The van der Waals surface area contributed by atoms with Crippen molar-refractivity contribution in [2.24, 2.45) is 10.4 Å². The smallest absolute Gasteiger partial charge is 0.227 e. The van der Waals surface area contributed by atoms with Crippen molar-refractivity contribution in [3.05, 3.63) is 35.9 Å². The number of nitrogens with zero attached hydrogens (tertiary/aromatic N) is 1. The number of carbonyl (C=O) groups excluding carboxylic acids is 1. The molecule has 0 saturated heterocycles. The molecule has 0 aliphatic carbocycles. The molecule has 0 radical (unpaired) electrons. The Morgan fingerprint density at radius 2 is 1.83 bits per heavy atom. The number of nitrogens with one attached hydrogen (secondary N) is 3. The maximum absolute atomic E-state index is 11.9. The summed E-state index contributed by atoms with van der Waals surface area (Å²) in [6.07, 6.45) is 0. The van der Waals surface area contributed by atoms with Crippen molar-refractivity contribution in [1.29, 1.82) is 0 Å². The molecule has 3 N–H and O–H groups in total. The summed E-state index contributed by atoms with van der Waals surface area (Å²) in [5, 5.41) is 9.40. The van der Waals surface area contributed by atoms with Crippen molar-refractivity contribution < 1.29 is 4.79 Å². The minimum atomic E-state index is -0.536. The molecule has 5 nitrogen and oxygen atoms in total. The summed E-state index contributed by atoms with van der Waals surface area (Å²) in [5.74, 6) is 1.08. The lowest BCUT2D eigenvalue weighted by Gasteiger charge is -2.25. The molecular formula is C19H32N4O. The highest BCUT2D eigenvalue weighted by Gasteiger charge is 2.26. The van der Waals surface area contributed by atoms with E-state index in [1.54, 1.807) is 7.05 Å². The minimum Gasteiger partial charge on any atom is -0.359 e. The first-order valence-electron chi connectivity index (χ1n) is 8.63. The van der Waals surface area contributed by atoms with Crippen LogP contribution in [0, 0.1) is 5.41 Å². The van der Waals surface area contributed by atoms with Gasteiger partial charge in [0.05, 0.1) is 12.0 Å². The molecule has 0 aliphatic rings. The van der Waals surface area contributed by atoms with Crippen LogP contribution in [0.1, 0.15) is 46.1 Å². The van der Waals surface area contributed by atoms with Crippen LogP contribution in [0.4, 0.5) is 0 Å². The first-order valence-corrected chi connectivity index (χ1v) is 8.63. The Balaban J connectivity index is 2.77. The van der Waals surface area contributed by atoms with Crippen LogP contribution in [0.15, 0.2) is 35.3 Å². The summed E-state index contributed by atoms with van der Waals surface area (Å²) in [4.78, 5) is 16.5. The van der Waals surface area contributed by atoms with Gasteiger partial charge < -0.3 is 16.0 Å². The lowest BCUT2D eigenvalue weighted by molar-refractivity contribution is -0.128. The van der Waals surface area contributed by atoms with Crippen LogP contribution in [0.2, 0.25) is 0 Å². The Morgan fingerprint density at radius 1 is 1.21 bits per heavy atom. The number of hydrogen-bond acceptors (Lipinski definition) is 2. The molecule has 1 aromatic carbocycles. The van der Waals surface area contributed by atoms with E-state index in [2.05, 4.69) is 59.1 Å². The van der Waals surface area contributed by atoms with Gasteiger partial charge in [0.15, 0.2) is 5.96 Å². The third kappa shape index (κ3) is 5.87. The molecule has 0 bridgehead atoms. The number of benzene rings is 1. The molecule has 24 heavy (non-hydrogen) atoms. The topological polar surface area (TPSA) is 65.5 Å². The van der Waals surface area contributed by atoms with E-state index >= 15 is 0 Å². The van der Waals surface area contributed by atoms with Gasteiger partial charge in [0.25, 0.3) is 0 Å². The summed E-state index contributed by atoms with van der Waals surface area (Å²) in [6, 6.07) is 10.6. The van der Waals surface area contributed by atoms with Gasteiger partial charge in [-0.25, -0.2) is 0 Å². The lowest BCUT2D eigenvalue weighted by Crippen LogP contribution is -2.45. The second kappa shape index (κ2) is 9.30. The predicted octanol–water partition coefficient (Wildman–Crippen LogP) is 2.51. The number of amides is 1. The second-order valence-corrected chi connectivity index (χ2v) is 6.79. The summed E-state index contributed by atoms with van der Waals surface area (Å²) < 4.78 is 0. The largest absolute Gasteiger partial charge is 0.359 e. The van der Waals surface area contributed by atoms with E-state index in [4.69, 9.17) is 0 Å². The molecule has 0 fully saturated rings. The highest BCUT2D eigenvalue weighted by atomic mass is 16.2. The average Bonchev–Trinajstić information content (AvgIpc) is 2.59. The van der Waals surface area contributed by atoms with Crippen molar-refractivity contribution in [3.8, 4) is 0 Å². The van der Waals surface area contributed by atoms with Crippen LogP contribution >= 0.6 is 0 Å². The predicted molar refractivity (Wildman–Crippen MR) is 101 cm³/mol. The van der Waals surface area contributed by atoms with Crippen LogP contribution in [0.3, 0.4) is 0 Å². The third-order valence-corrected chi connectivity index (χ3v) is 4.26. The molecule has 0 heterocycles. The first kappa shape index (κ1) is 20.0. The molecule has 0 aliphatic heterocycles. The molecule has 2 unspecified atom stereocenters. The number of aliphatic imine (C=N–C) groups is 1. The van der Waals surface area contributed by atoms with E-state index in [9.17, 15) is 4.79 Å². The molecule has 1 rings (SSSR count). The molecule has 1 aromatic rings. The number of guanidine groups is 1. The standard InChI is InChI=1S/C19H32N4O/c1-7-21-18(22-13-19(4,5)17(24)20-6)23-15(3)14(2)16-11-9-8-10-12-16/h8-12,14-15H,7,13H2,1-6H3,(H,20,24)(H2,21,22,23). The van der Waals surface area contributed by atoms with Crippen molar-refractivity contribution in [2.75, 3.05) is 20.1 Å². The normalized spacial score (nSPS) is 14.7. The Kier molecular flexibility index (Phi) is 7.75. The molecule has 5 heteroatoms. The van der Waals surface area contributed by atoms with E-state index in [0.717, 1.165) is 12.5 Å². The van der Waals surface area contributed by atoms with Gasteiger partial charge >= 0.3 is 0 Å². The lowest BCUT2D eigenvalue weighted by atomic mass is 9.92. The molecule has 0 saturated carbocycles. The molecule has 134 valence electrons. The molecule has 0 aromatic heterocycles. The van der Waals surface area contributed by atoms with Crippen LogP contribution in [0.25, 0.3) is 0 Å². The second-order valence-electron chi connectivity index (χ2n) is 6.79. The van der Waals surface area contributed by atoms with Gasteiger partial charge in [-0.1, -0.05) is 37.3 Å². The first-order chi connectivity index (χ1) is 11.3. The van der Waals surface area contributed by atoms with E-state index in [1.807, 2.05) is 26.8 Å². The third-order valence-electron chi connectivity index (χ3n) is 4.26. The van der Waals surface area contributed by atoms with E-state index in [-0.39, 0.29) is 11.9 Å². The zero-order valence-electron chi connectivity index (χ0n) is 15.8. The molecule has 2 atom stereocenters. The van der Waals surface area contributed by atoms with Crippen molar-refractivity contribution in [2.45, 2.75) is 46.6 Å². The van der Waals surface area contributed by atoms with E-state index < -0.39 is 5.41 Å². The SMILES string of the molecule is CCNC(=NCC(C)(C)C(=O)NC)NC(C)C(C)c1ccccc1. The van der Waals surface area contributed by atoms with Gasteiger partial charge in [-0.2, -0.15) is 0 Å². The molecular weight excluding hydrogens is 300 g/mol. The maximum atomic E-state index is 11.9. The highest BCUT2D eigenvalue weighted by Crippen LogP contribution is 2.19. The van der Waals surface area contributed by atoms with Crippen molar-refractivity contribution >= 4 is 11.9 Å². The number of carbonyl (C=O) groups is 1. The van der Waals surface area contributed by atoms with Gasteiger partial charge in [0.1, 0.15) is 0 Å². The molecule has 1 amide bonds. The Bertz CT molecular complexity index is 540. The van der Waals surface area contributed by atoms with Crippen LogP contribution in [-0.4, -0.2) is 38.0 Å². The van der Waals surface area contributed by atoms with Gasteiger partial charge in [0, 0.05) is 25.6 Å². The van der Waals surface area contributed by atoms with E-state index in [1.165, 1.54) is 5.56 Å². The van der Waals surface area contributed by atoms with Gasteiger partial charge in [-0.05, 0) is 33.3 Å². The Morgan fingerprint density at radius 3 is 2.38 bits per heavy atom. The van der Waals surface area contributed by atoms with Crippen molar-refractivity contribution in [1.82, 2.24) is 16.0 Å². The van der Waals surface area contributed by atoms with Crippen LogP contribution in [0.5, 0.6) is 0 Å². The van der Waals surface area contributed by atoms with Crippen LogP contribution < -0.4 is 16.0 Å².